The Balaban J connectivity index is 2.00. The van der Waals surface area contributed by atoms with E-state index >= 15 is 0 Å². The summed E-state index contributed by atoms with van der Waals surface area (Å²) in [5, 5.41) is 3.22. The molecule has 0 aromatic heterocycles. The van der Waals surface area contributed by atoms with Gasteiger partial charge in [-0.3, -0.25) is 9.59 Å². The Bertz CT molecular complexity index is 504. The Morgan fingerprint density at radius 3 is 1.72 bits per heavy atom. The van der Waals surface area contributed by atoms with Gasteiger partial charge in [0.15, 0.2) is 0 Å². The van der Waals surface area contributed by atoms with E-state index in [4.69, 9.17) is 0 Å². The first-order valence-corrected chi connectivity index (χ1v) is 14.0. The lowest BCUT2D eigenvalue weighted by Crippen LogP contribution is -2.59. The smallest absolute Gasteiger partial charge is 0.223 e. The molecule has 1 aliphatic rings. The molecule has 1 N–H and O–H groups in total. The second-order valence-corrected chi connectivity index (χ2v) is 10.5. The molecule has 0 aromatic carbocycles. The van der Waals surface area contributed by atoms with Crippen molar-refractivity contribution in [3.63, 3.8) is 0 Å². The van der Waals surface area contributed by atoms with E-state index in [2.05, 4.69) is 33.0 Å². The molecule has 0 aliphatic carbocycles. The largest absolute Gasteiger partial charge is 0.351 e. The highest BCUT2D eigenvalue weighted by molar-refractivity contribution is 5.79. The number of hydrogen-bond donors (Lipinski definition) is 1. The SMILES string of the molecule is CCCCCCCCCCCCCCCCCC(=O)NC(CC)C(C)(C)N1CCCC1=O. The zero-order valence-corrected chi connectivity index (χ0v) is 22.0. The van der Waals surface area contributed by atoms with E-state index in [1.165, 1.54) is 83.5 Å². The van der Waals surface area contributed by atoms with Crippen molar-refractivity contribution in [3.05, 3.63) is 0 Å². The molecule has 1 fully saturated rings. The fraction of sp³-hybridized carbons (Fsp3) is 0.929. The van der Waals surface area contributed by atoms with Gasteiger partial charge in [0, 0.05) is 19.4 Å². The maximum atomic E-state index is 12.5. The van der Waals surface area contributed by atoms with Gasteiger partial charge in [-0.1, -0.05) is 104 Å². The van der Waals surface area contributed by atoms with Gasteiger partial charge in [-0.2, -0.15) is 0 Å². The third-order valence-electron chi connectivity index (χ3n) is 7.37. The van der Waals surface area contributed by atoms with Crippen molar-refractivity contribution in [1.82, 2.24) is 10.2 Å². The van der Waals surface area contributed by atoms with Crippen molar-refractivity contribution < 1.29 is 9.59 Å². The number of rotatable bonds is 20. The van der Waals surface area contributed by atoms with E-state index in [1.54, 1.807) is 0 Å². The molecule has 1 saturated heterocycles. The maximum Gasteiger partial charge on any atom is 0.223 e. The topological polar surface area (TPSA) is 49.4 Å². The molecule has 1 atom stereocenters. The first-order valence-electron chi connectivity index (χ1n) is 14.0. The predicted molar refractivity (Wildman–Crippen MR) is 137 cm³/mol. The van der Waals surface area contributed by atoms with Gasteiger partial charge in [-0.15, -0.1) is 0 Å². The quantitative estimate of drug-likeness (QED) is 0.195. The predicted octanol–water partition coefficient (Wildman–Crippen LogP) is 7.54. The normalized spacial score (nSPS) is 15.4. The number of carbonyl (C=O) groups is 2. The van der Waals surface area contributed by atoms with Gasteiger partial charge in [-0.05, 0) is 33.1 Å². The molecule has 32 heavy (non-hydrogen) atoms. The van der Waals surface area contributed by atoms with E-state index < -0.39 is 0 Å². The van der Waals surface area contributed by atoms with Crippen LogP contribution in [0.1, 0.15) is 150 Å². The molecule has 0 saturated carbocycles. The number of hydrogen-bond acceptors (Lipinski definition) is 2. The summed E-state index contributed by atoms with van der Waals surface area (Å²) in [5.74, 6) is 0.372. The summed E-state index contributed by atoms with van der Waals surface area (Å²) >= 11 is 0. The number of amides is 2. The van der Waals surface area contributed by atoms with Gasteiger partial charge >= 0.3 is 0 Å². The van der Waals surface area contributed by atoms with Crippen LogP contribution in [0.15, 0.2) is 0 Å². The van der Waals surface area contributed by atoms with Crippen LogP contribution in [0.4, 0.5) is 0 Å². The van der Waals surface area contributed by atoms with Gasteiger partial charge < -0.3 is 10.2 Å². The summed E-state index contributed by atoms with van der Waals surface area (Å²) in [7, 11) is 0. The van der Waals surface area contributed by atoms with Crippen molar-refractivity contribution in [2.45, 2.75) is 161 Å². The number of carbonyl (C=O) groups excluding carboxylic acids is 2. The highest BCUT2D eigenvalue weighted by Gasteiger charge is 2.39. The fourth-order valence-corrected chi connectivity index (χ4v) is 5.15. The van der Waals surface area contributed by atoms with Crippen LogP contribution in [0.5, 0.6) is 0 Å². The molecule has 0 bridgehead atoms. The summed E-state index contributed by atoms with van der Waals surface area (Å²) in [5.41, 5.74) is -0.312. The lowest BCUT2D eigenvalue weighted by atomic mass is 9.90. The molecular formula is C28H54N2O2. The molecule has 1 rings (SSSR count). The summed E-state index contributed by atoms with van der Waals surface area (Å²) in [4.78, 5) is 26.6. The molecule has 4 heteroatoms. The van der Waals surface area contributed by atoms with Crippen LogP contribution in [-0.2, 0) is 9.59 Å². The third kappa shape index (κ3) is 11.7. The number of nitrogens with zero attached hydrogens (tertiary/aromatic N) is 1. The molecule has 1 aliphatic heterocycles. The lowest BCUT2D eigenvalue weighted by Gasteiger charge is -2.42. The zero-order chi connectivity index (χ0) is 23.7. The van der Waals surface area contributed by atoms with Gasteiger partial charge in [0.05, 0.1) is 11.6 Å². The Morgan fingerprint density at radius 1 is 0.844 bits per heavy atom. The van der Waals surface area contributed by atoms with E-state index in [0.29, 0.717) is 12.8 Å². The van der Waals surface area contributed by atoms with Crippen LogP contribution in [0, 0.1) is 0 Å². The number of unbranched alkanes of at least 4 members (excludes halogenated alkanes) is 14. The Labute approximate surface area is 199 Å². The molecule has 188 valence electrons. The second kappa shape index (κ2) is 17.4. The molecular weight excluding hydrogens is 396 g/mol. The van der Waals surface area contributed by atoms with Crippen LogP contribution in [-0.4, -0.2) is 34.8 Å². The standard InChI is InChI=1S/C28H54N2O2/c1-5-7-8-9-10-11-12-13-14-15-16-17-18-19-20-22-26(31)29-25(6-2)28(3,4)30-24-21-23-27(30)32/h25H,5-24H2,1-4H3,(H,29,31). The molecule has 0 aromatic rings. The second-order valence-electron chi connectivity index (χ2n) is 10.5. The van der Waals surface area contributed by atoms with Crippen molar-refractivity contribution in [3.8, 4) is 0 Å². The van der Waals surface area contributed by atoms with Crippen LogP contribution in [0.3, 0.4) is 0 Å². The Morgan fingerprint density at radius 2 is 1.31 bits per heavy atom. The van der Waals surface area contributed by atoms with Crippen LogP contribution in [0.25, 0.3) is 0 Å². The molecule has 4 nitrogen and oxygen atoms in total. The van der Waals surface area contributed by atoms with Gasteiger partial charge in [0.25, 0.3) is 0 Å². The minimum absolute atomic E-state index is 0.0217. The molecule has 0 spiro atoms. The number of likely N-dealkylation sites (tertiary alicyclic amines) is 1. The van der Waals surface area contributed by atoms with E-state index in [-0.39, 0.29) is 23.4 Å². The summed E-state index contributed by atoms with van der Waals surface area (Å²) in [6.45, 7) is 9.38. The minimum Gasteiger partial charge on any atom is -0.351 e. The van der Waals surface area contributed by atoms with Crippen molar-refractivity contribution >= 4 is 11.8 Å². The molecule has 1 unspecified atom stereocenters. The summed E-state index contributed by atoms with van der Waals surface area (Å²) in [6, 6.07) is 0.0217. The third-order valence-corrected chi connectivity index (χ3v) is 7.37. The summed E-state index contributed by atoms with van der Waals surface area (Å²) < 4.78 is 0. The number of nitrogens with one attached hydrogen (secondary N) is 1. The highest BCUT2D eigenvalue weighted by atomic mass is 16.2. The average Bonchev–Trinajstić information content (AvgIpc) is 3.21. The zero-order valence-electron chi connectivity index (χ0n) is 22.0. The Kier molecular flexibility index (Phi) is 15.8. The monoisotopic (exact) mass is 450 g/mol. The van der Waals surface area contributed by atoms with Gasteiger partial charge in [0.2, 0.25) is 11.8 Å². The average molecular weight is 451 g/mol. The molecule has 1 heterocycles. The van der Waals surface area contributed by atoms with Crippen molar-refractivity contribution in [2.24, 2.45) is 0 Å². The Hall–Kier alpha value is -1.06. The van der Waals surface area contributed by atoms with E-state index in [9.17, 15) is 9.59 Å². The van der Waals surface area contributed by atoms with Crippen LogP contribution in [0.2, 0.25) is 0 Å². The fourth-order valence-electron chi connectivity index (χ4n) is 5.15. The van der Waals surface area contributed by atoms with Crippen molar-refractivity contribution in [2.75, 3.05) is 6.54 Å². The van der Waals surface area contributed by atoms with E-state index in [0.717, 1.165) is 32.2 Å². The first kappa shape index (κ1) is 29.0. The van der Waals surface area contributed by atoms with Gasteiger partial charge in [0.1, 0.15) is 0 Å². The molecule has 2 amide bonds. The van der Waals surface area contributed by atoms with E-state index in [1.807, 2.05) is 4.90 Å². The van der Waals surface area contributed by atoms with Crippen LogP contribution < -0.4 is 5.32 Å². The lowest BCUT2D eigenvalue weighted by molar-refractivity contribution is -0.135. The first-order chi connectivity index (χ1) is 15.4. The summed E-state index contributed by atoms with van der Waals surface area (Å²) in [6.07, 6.45) is 23.1. The van der Waals surface area contributed by atoms with Crippen molar-refractivity contribution in [1.29, 1.82) is 0 Å². The highest BCUT2D eigenvalue weighted by Crippen LogP contribution is 2.27. The molecule has 0 radical (unpaired) electrons. The van der Waals surface area contributed by atoms with Gasteiger partial charge in [-0.25, -0.2) is 0 Å². The van der Waals surface area contributed by atoms with Crippen LogP contribution >= 0.6 is 0 Å². The minimum atomic E-state index is -0.312. The maximum absolute atomic E-state index is 12.5.